The van der Waals surface area contributed by atoms with Crippen molar-refractivity contribution in [2.24, 2.45) is 0 Å². The molecule has 0 amide bonds. The Kier molecular flexibility index (Phi) is 7.67. The van der Waals surface area contributed by atoms with Crippen molar-refractivity contribution < 1.29 is 4.42 Å². The number of benzene rings is 9. The second-order valence-electron chi connectivity index (χ2n) is 15.6. The molecule has 288 valence electrons. The van der Waals surface area contributed by atoms with E-state index in [4.69, 9.17) is 29.3 Å². The van der Waals surface area contributed by atoms with Crippen LogP contribution in [0.4, 0.5) is 0 Å². The Morgan fingerprint density at radius 3 is 1.61 bits per heavy atom. The van der Waals surface area contributed by atoms with E-state index in [1.807, 2.05) is 54.6 Å². The number of fused-ring (bicyclic) bond motifs is 12. The van der Waals surface area contributed by atoms with Crippen molar-refractivity contribution in [3.8, 4) is 56.8 Å². The van der Waals surface area contributed by atoms with Crippen LogP contribution in [0.3, 0.4) is 0 Å². The lowest BCUT2D eigenvalue weighted by atomic mass is 9.93. The van der Waals surface area contributed by atoms with Crippen LogP contribution in [0.5, 0.6) is 0 Å². The zero-order valence-electron chi connectivity index (χ0n) is 33.0. The summed E-state index contributed by atoms with van der Waals surface area (Å²) in [7, 11) is 0. The lowest BCUT2D eigenvalue weighted by Crippen LogP contribution is -2.00. The number of aromatic nitrogens is 5. The van der Waals surface area contributed by atoms with E-state index >= 15 is 0 Å². The van der Waals surface area contributed by atoms with Crippen LogP contribution in [0.25, 0.3) is 131 Å². The number of furan rings is 1. The second kappa shape index (κ2) is 13.7. The van der Waals surface area contributed by atoms with Gasteiger partial charge in [0.05, 0.1) is 0 Å². The van der Waals surface area contributed by atoms with Gasteiger partial charge in [-0.2, -0.15) is 0 Å². The Morgan fingerprint density at radius 1 is 0.339 bits per heavy atom. The molecule has 62 heavy (non-hydrogen) atoms. The average molecular weight is 810 g/mol. The third kappa shape index (κ3) is 5.45. The fourth-order valence-corrected chi connectivity index (χ4v) is 10.2. The molecule has 4 heterocycles. The smallest absolute Gasteiger partial charge is 0.180 e. The highest BCUT2D eigenvalue weighted by Crippen LogP contribution is 2.43. The fraction of sp³-hybridized carbons (Fsp3) is 0. The summed E-state index contributed by atoms with van der Waals surface area (Å²) in [5.74, 6) is 2.48. The van der Waals surface area contributed by atoms with Crippen LogP contribution < -0.4 is 0 Å². The molecular formula is C55H31N5OS. The van der Waals surface area contributed by atoms with Crippen LogP contribution in [0.15, 0.2) is 192 Å². The van der Waals surface area contributed by atoms with Gasteiger partial charge in [-0.05, 0) is 74.8 Å². The van der Waals surface area contributed by atoms with Gasteiger partial charge in [0.25, 0.3) is 0 Å². The molecule has 0 radical (unpaired) electrons. The Labute approximate surface area is 358 Å². The first kappa shape index (κ1) is 34.7. The molecule has 0 aliphatic rings. The van der Waals surface area contributed by atoms with Crippen LogP contribution in [0.2, 0.25) is 0 Å². The van der Waals surface area contributed by atoms with Crippen LogP contribution >= 0.6 is 11.3 Å². The average Bonchev–Trinajstić information content (AvgIpc) is 3.92. The van der Waals surface area contributed by atoms with E-state index < -0.39 is 0 Å². The van der Waals surface area contributed by atoms with Crippen LogP contribution in [0, 0.1) is 0 Å². The summed E-state index contributed by atoms with van der Waals surface area (Å²) < 4.78 is 8.70. The molecule has 0 spiro atoms. The summed E-state index contributed by atoms with van der Waals surface area (Å²) in [4.78, 5) is 26.1. The van der Waals surface area contributed by atoms with Crippen molar-refractivity contribution in [2.75, 3.05) is 0 Å². The fourth-order valence-electron chi connectivity index (χ4n) is 9.05. The van der Waals surface area contributed by atoms with E-state index in [1.54, 1.807) is 11.3 Å². The molecule has 13 aromatic rings. The van der Waals surface area contributed by atoms with E-state index in [2.05, 4.69) is 133 Å². The van der Waals surface area contributed by atoms with Gasteiger partial charge < -0.3 is 4.42 Å². The monoisotopic (exact) mass is 809 g/mol. The SMILES string of the molecule is c1ccc(-c2nc(-c3ccc4c5ccccc5c5ccccc5c4c3)nc(-c3cccc4sc5ccc(-c6nc(-c7ccccc7)c7oc8ccccc8c7n6)cc5c34)n2)cc1. The minimum Gasteiger partial charge on any atom is -0.452 e. The number of nitrogens with zero attached hydrogens (tertiary/aromatic N) is 5. The van der Waals surface area contributed by atoms with Gasteiger partial charge in [0, 0.05) is 53.4 Å². The van der Waals surface area contributed by atoms with Gasteiger partial charge in [-0.1, -0.05) is 146 Å². The molecule has 0 N–H and O–H groups in total. The van der Waals surface area contributed by atoms with Crippen LogP contribution in [0.1, 0.15) is 0 Å². The van der Waals surface area contributed by atoms with E-state index in [-0.39, 0.29) is 0 Å². The molecular weight excluding hydrogens is 779 g/mol. The van der Waals surface area contributed by atoms with Gasteiger partial charge in [0.2, 0.25) is 0 Å². The lowest BCUT2D eigenvalue weighted by molar-refractivity contribution is 0.667. The van der Waals surface area contributed by atoms with Gasteiger partial charge in [-0.25, -0.2) is 24.9 Å². The molecule has 4 aromatic heterocycles. The van der Waals surface area contributed by atoms with E-state index in [0.29, 0.717) is 28.9 Å². The maximum Gasteiger partial charge on any atom is 0.180 e. The first-order valence-electron chi connectivity index (χ1n) is 20.6. The first-order valence-corrected chi connectivity index (χ1v) is 21.4. The highest BCUT2D eigenvalue weighted by molar-refractivity contribution is 7.26. The van der Waals surface area contributed by atoms with Crippen molar-refractivity contribution in [3.63, 3.8) is 0 Å². The molecule has 7 heteroatoms. The predicted octanol–water partition coefficient (Wildman–Crippen LogP) is 14.7. The molecule has 13 rings (SSSR count). The van der Waals surface area contributed by atoms with Gasteiger partial charge >= 0.3 is 0 Å². The largest absolute Gasteiger partial charge is 0.452 e. The molecule has 0 saturated carbocycles. The third-order valence-electron chi connectivity index (χ3n) is 11.9. The summed E-state index contributed by atoms with van der Waals surface area (Å²) in [6.07, 6.45) is 0. The van der Waals surface area contributed by atoms with Gasteiger partial charge in [-0.15, -0.1) is 11.3 Å². The third-order valence-corrected chi connectivity index (χ3v) is 13.1. The molecule has 9 aromatic carbocycles. The standard InChI is InChI=1S/C55H31N5OS/c1-3-14-32(15-4-1)49-51-50(41-22-11-12-24-45(41)61-51)57-53(56-49)35-27-29-46-44(31-35)48-42(23-13-25-47(48)62-46)55-59-52(33-16-5-2-6-17-33)58-54(60-55)34-26-28-40-38-20-8-7-18-36(38)37-19-9-10-21-39(37)43(40)30-34/h1-31H. The van der Waals surface area contributed by atoms with Gasteiger partial charge in [0.15, 0.2) is 28.9 Å². The number of para-hydroxylation sites is 1. The zero-order valence-corrected chi connectivity index (χ0v) is 33.8. The van der Waals surface area contributed by atoms with Crippen molar-refractivity contribution in [2.45, 2.75) is 0 Å². The molecule has 0 fully saturated rings. The minimum absolute atomic E-state index is 0.613. The molecule has 0 bridgehead atoms. The highest BCUT2D eigenvalue weighted by atomic mass is 32.1. The Morgan fingerprint density at radius 2 is 0.887 bits per heavy atom. The second-order valence-corrected chi connectivity index (χ2v) is 16.6. The maximum atomic E-state index is 6.41. The summed E-state index contributed by atoms with van der Waals surface area (Å²) in [6.45, 7) is 0. The highest BCUT2D eigenvalue weighted by Gasteiger charge is 2.21. The number of hydrogen-bond donors (Lipinski definition) is 0. The number of thiophene rings is 1. The number of hydrogen-bond acceptors (Lipinski definition) is 7. The van der Waals surface area contributed by atoms with Crippen molar-refractivity contribution in [1.82, 2.24) is 24.9 Å². The van der Waals surface area contributed by atoms with Crippen molar-refractivity contribution in [3.05, 3.63) is 188 Å². The molecule has 0 saturated heterocycles. The van der Waals surface area contributed by atoms with Crippen LogP contribution in [-0.2, 0) is 0 Å². The van der Waals surface area contributed by atoms with E-state index in [0.717, 1.165) is 75.6 Å². The van der Waals surface area contributed by atoms with Crippen molar-refractivity contribution >= 4 is 85.9 Å². The Balaban J connectivity index is 1.02. The first-order chi connectivity index (χ1) is 30.7. The molecule has 0 aliphatic heterocycles. The number of rotatable bonds is 5. The lowest BCUT2D eigenvalue weighted by Gasteiger charge is -2.13. The van der Waals surface area contributed by atoms with Crippen molar-refractivity contribution in [1.29, 1.82) is 0 Å². The minimum atomic E-state index is 0.613. The molecule has 0 unspecified atom stereocenters. The Bertz CT molecular complexity index is 3900. The molecule has 0 atom stereocenters. The normalized spacial score (nSPS) is 11.9. The summed E-state index contributed by atoms with van der Waals surface area (Å²) in [5.41, 5.74) is 7.69. The molecule has 0 aliphatic carbocycles. The zero-order chi connectivity index (χ0) is 40.7. The van der Waals surface area contributed by atoms with Crippen LogP contribution in [-0.4, -0.2) is 24.9 Å². The predicted molar refractivity (Wildman–Crippen MR) is 255 cm³/mol. The quantitative estimate of drug-likeness (QED) is 0.161. The van der Waals surface area contributed by atoms with E-state index in [1.165, 1.54) is 26.9 Å². The topological polar surface area (TPSA) is 77.6 Å². The summed E-state index contributed by atoms with van der Waals surface area (Å²) in [6, 6.07) is 65.2. The summed E-state index contributed by atoms with van der Waals surface area (Å²) in [5, 5.41) is 10.4. The van der Waals surface area contributed by atoms with Gasteiger partial charge in [-0.3, -0.25) is 0 Å². The van der Waals surface area contributed by atoms with E-state index in [9.17, 15) is 0 Å². The molecule has 6 nitrogen and oxygen atoms in total. The Hall–Kier alpha value is -8.13. The summed E-state index contributed by atoms with van der Waals surface area (Å²) >= 11 is 1.76. The maximum absolute atomic E-state index is 6.41. The van der Waals surface area contributed by atoms with Gasteiger partial charge in [0.1, 0.15) is 16.8 Å².